The van der Waals surface area contributed by atoms with Crippen LogP contribution in [0, 0.1) is 5.92 Å². The summed E-state index contributed by atoms with van der Waals surface area (Å²) in [6.07, 6.45) is 3.97. The average Bonchev–Trinajstić information content (AvgIpc) is 2.98. The maximum atomic E-state index is 12.1. The van der Waals surface area contributed by atoms with Crippen molar-refractivity contribution in [3.05, 3.63) is 35.7 Å². The maximum absolute atomic E-state index is 12.1. The van der Waals surface area contributed by atoms with Crippen LogP contribution in [0.2, 0.25) is 0 Å². The Balaban J connectivity index is 1.32. The molecule has 4 heterocycles. The zero-order valence-corrected chi connectivity index (χ0v) is 13.6. The summed E-state index contributed by atoms with van der Waals surface area (Å²) in [6.45, 7) is 3.35. The summed E-state index contributed by atoms with van der Waals surface area (Å²) in [5.74, 6) is 0.606. The summed E-state index contributed by atoms with van der Waals surface area (Å²) >= 11 is 1.32. The topological polar surface area (TPSA) is 58.4 Å². The van der Waals surface area contributed by atoms with Gasteiger partial charge in [0, 0.05) is 18.7 Å². The Morgan fingerprint density at radius 2 is 2.17 bits per heavy atom. The summed E-state index contributed by atoms with van der Waals surface area (Å²) in [7, 11) is 0. The molecule has 120 valence electrons. The zero-order valence-electron chi connectivity index (χ0n) is 12.8. The lowest BCUT2D eigenvalue weighted by Gasteiger charge is -2.44. The highest BCUT2D eigenvalue weighted by atomic mass is 32.2. The number of carbonyl (C=O) groups is 1. The molecule has 0 spiro atoms. The second-order valence-corrected chi connectivity index (χ2v) is 6.98. The first kappa shape index (κ1) is 14.8. The number of hydrogen-bond acceptors (Lipinski definition) is 5. The Labute approximate surface area is 139 Å². The average molecular weight is 329 g/mol. The van der Waals surface area contributed by atoms with E-state index in [2.05, 4.69) is 15.2 Å². The first-order chi connectivity index (χ1) is 11.3. The predicted octanol–water partition coefficient (Wildman–Crippen LogP) is 2.64. The van der Waals surface area contributed by atoms with Crippen LogP contribution in [0.25, 0.3) is 11.1 Å². The fourth-order valence-electron chi connectivity index (χ4n) is 3.41. The second-order valence-electron chi connectivity index (χ2n) is 6.12. The van der Waals surface area contributed by atoms with Crippen molar-refractivity contribution < 1.29 is 9.21 Å². The van der Waals surface area contributed by atoms with Crippen LogP contribution in [0.3, 0.4) is 0 Å². The van der Waals surface area contributed by atoms with E-state index in [1.807, 2.05) is 24.3 Å². The van der Waals surface area contributed by atoms with Crippen molar-refractivity contribution in [3.63, 3.8) is 0 Å². The number of benzene rings is 1. The number of rotatable bonds is 4. The number of nitrogens with zero attached hydrogens (tertiary/aromatic N) is 2. The minimum atomic E-state index is -0.0349. The summed E-state index contributed by atoms with van der Waals surface area (Å²) in [4.78, 5) is 18.9. The van der Waals surface area contributed by atoms with Crippen LogP contribution in [0.1, 0.15) is 12.8 Å². The van der Waals surface area contributed by atoms with Crippen LogP contribution in [0.15, 0.2) is 45.4 Å². The van der Waals surface area contributed by atoms with Gasteiger partial charge in [-0.05, 0) is 61.2 Å². The Bertz CT molecular complexity index is 701. The van der Waals surface area contributed by atoms with E-state index in [1.54, 1.807) is 11.5 Å². The van der Waals surface area contributed by atoms with Gasteiger partial charge in [0.1, 0.15) is 5.52 Å². The molecule has 1 aromatic heterocycles. The third-order valence-corrected chi connectivity index (χ3v) is 5.29. The van der Waals surface area contributed by atoms with E-state index in [1.165, 1.54) is 37.7 Å². The first-order valence-corrected chi connectivity index (χ1v) is 8.87. The molecule has 1 amide bonds. The molecule has 2 bridgehead atoms. The van der Waals surface area contributed by atoms with Crippen molar-refractivity contribution in [3.8, 4) is 0 Å². The minimum Gasteiger partial charge on any atom is -0.431 e. The number of amides is 1. The molecular weight excluding hydrogens is 310 g/mol. The van der Waals surface area contributed by atoms with Gasteiger partial charge in [-0.3, -0.25) is 4.79 Å². The van der Waals surface area contributed by atoms with E-state index in [4.69, 9.17) is 4.42 Å². The van der Waals surface area contributed by atoms with Crippen LogP contribution >= 0.6 is 11.8 Å². The van der Waals surface area contributed by atoms with Gasteiger partial charge < -0.3 is 14.6 Å². The summed E-state index contributed by atoms with van der Waals surface area (Å²) < 4.78 is 5.60. The number of para-hydroxylation sites is 2. The van der Waals surface area contributed by atoms with E-state index < -0.39 is 0 Å². The molecule has 3 fully saturated rings. The highest BCUT2D eigenvalue weighted by molar-refractivity contribution is 8.01. The van der Waals surface area contributed by atoms with E-state index in [0.29, 0.717) is 17.2 Å². The molecule has 5 nitrogen and oxygen atoms in total. The lowest BCUT2D eigenvalue weighted by molar-refractivity contribution is -0.118. The number of carbonyl (C=O) groups excluding carboxylic acids is 1. The molecule has 3 saturated heterocycles. The van der Waals surface area contributed by atoms with Crippen LogP contribution in [0.4, 0.5) is 0 Å². The number of thioether (sulfide) groups is 1. The van der Waals surface area contributed by atoms with E-state index in [-0.39, 0.29) is 5.91 Å². The molecule has 2 aromatic rings. The third-order valence-electron chi connectivity index (χ3n) is 4.65. The molecule has 3 aliphatic heterocycles. The molecule has 0 radical (unpaired) electrons. The number of aromatic nitrogens is 1. The molecule has 3 aliphatic rings. The highest BCUT2D eigenvalue weighted by Crippen LogP contribution is 2.27. The smallest absolute Gasteiger partial charge is 0.261 e. The van der Waals surface area contributed by atoms with Gasteiger partial charge in [0.2, 0.25) is 5.91 Å². The normalized spacial score (nSPS) is 26.9. The van der Waals surface area contributed by atoms with Crippen LogP contribution in [-0.2, 0) is 4.79 Å². The maximum Gasteiger partial charge on any atom is 0.261 e. The van der Waals surface area contributed by atoms with E-state index in [0.717, 1.165) is 17.6 Å². The molecule has 1 atom stereocenters. The molecule has 0 aliphatic carbocycles. The summed E-state index contributed by atoms with van der Waals surface area (Å²) in [5.41, 5.74) is 1.60. The predicted molar refractivity (Wildman–Crippen MR) is 90.1 cm³/mol. The zero-order chi connectivity index (χ0) is 15.6. The second kappa shape index (κ2) is 6.37. The van der Waals surface area contributed by atoms with Gasteiger partial charge in [0.15, 0.2) is 5.58 Å². The molecule has 0 saturated carbocycles. The van der Waals surface area contributed by atoms with Crippen molar-refractivity contribution in [1.82, 2.24) is 15.2 Å². The van der Waals surface area contributed by atoms with E-state index >= 15 is 0 Å². The Kier molecular flexibility index (Phi) is 4.10. The molecule has 0 unspecified atom stereocenters. The summed E-state index contributed by atoms with van der Waals surface area (Å²) in [6, 6.07) is 7.93. The quantitative estimate of drug-likeness (QED) is 0.690. The largest absolute Gasteiger partial charge is 0.431 e. The van der Waals surface area contributed by atoms with Gasteiger partial charge in [-0.2, -0.15) is 0 Å². The molecule has 23 heavy (non-hydrogen) atoms. The van der Waals surface area contributed by atoms with Crippen LogP contribution in [0.5, 0.6) is 0 Å². The number of oxazole rings is 1. The molecule has 5 rings (SSSR count). The fraction of sp³-hybridized carbons (Fsp3) is 0.412. The molecule has 1 N–H and O–H groups in total. The Hall–Kier alpha value is -1.79. The van der Waals surface area contributed by atoms with Gasteiger partial charge in [-0.15, -0.1) is 0 Å². The number of hydrogen-bond donors (Lipinski definition) is 1. The van der Waals surface area contributed by atoms with Crippen LogP contribution in [-0.4, -0.2) is 41.5 Å². The fourth-order valence-corrected chi connectivity index (χ4v) is 4.01. The lowest BCUT2D eigenvalue weighted by Crippen LogP contribution is -2.57. The van der Waals surface area contributed by atoms with Crippen molar-refractivity contribution in [1.29, 1.82) is 0 Å². The van der Waals surface area contributed by atoms with Gasteiger partial charge in [-0.1, -0.05) is 12.1 Å². The highest BCUT2D eigenvalue weighted by Gasteiger charge is 2.34. The van der Waals surface area contributed by atoms with Gasteiger partial charge in [0.05, 0.1) is 0 Å². The standard InChI is InChI=1S/C17H19N3O2S/c21-16(18-14-11-20-8-5-12(14)6-9-20)7-10-23-17-19-13-3-1-2-4-15(13)22-17/h1-4,7,10,12,14H,5-6,8-9,11H2,(H,18,21)/t14-/m0/s1. The van der Waals surface area contributed by atoms with E-state index in [9.17, 15) is 4.79 Å². The van der Waals surface area contributed by atoms with Crippen molar-refractivity contribution in [2.24, 2.45) is 5.92 Å². The number of fused-ring (bicyclic) bond motifs is 4. The number of piperidine rings is 3. The van der Waals surface area contributed by atoms with Gasteiger partial charge in [-0.25, -0.2) is 4.98 Å². The molecule has 1 aromatic carbocycles. The van der Waals surface area contributed by atoms with Crippen LogP contribution < -0.4 is 5.32 Å². The molecule has 6 heteroatoms. The SMILES string of the molecule is O=C(C=CSc1nc2ccccc2o1)N[C@H]1CN2CCC1CC2. The van der Waals surface area contributed by atoms with Crippen molar-refractivity contribution in [2.75, 3.05) is 19.6 Å². The Morgan fingerprint density at radius 3 is 2.91 bits per heavy atom. The first-order valence-electron chi connectivity index (χ1n) is 7.99. The number of nitrogens with one attached hydrogen (secondary N) is 1. The lowest BCUT2D eigenvalue weighted by atomic mass is 9.84. The van der Waals surface area contributed by atoms with Gasteiger partial charge in [0.25, 0.3) is 5.22 Å². The monoisotopic (exact) mass is 329 g/mol. The molecular formula is C17H19N3O2S. The van der Waals surface area contributed by atoms with Crippen molar-refractivity contribution >= 4 is 28.8 Å². The van der Waals surface area contributed by atoms with Gasteiger partial charge >= 0.3 is 0 Å². The summed E-state index contributed by atoms with van der Waals surface area (Å²) in [5, 5.41) is 5.42. The van der Waals surface area contributed by atoms with Crippen molar-refractivity contribution in [2.45, 2.75) is 24.1 Å². The Morgan fingerprint density at radius 1 is 1.35 bits per heavy atom. The minimum absolute atomic E-state index is 0.0349. The third kappa shape index (κ3) is 3.28.